The fraction of sp³-hybridized carbons (Fsp3) is 0.435. The monoisotopic (exact) mass is 522 g/mol. The molecule has 0 saturated carbocycles. The number of hydrogen-bond acceptors (Lipinski definition) is 5. The summed E-state index contributed by atoms with van der Waals surface area (Å²) in [5.74, 6) is -2.39. The summed E-state index contributed by atoms with van der Waals surface area (Å²) in [5.41, 5.74) is 2.78. The average molecular weight is 523 g/mol. The lowest BCUT2D eigenvalue weighted by molar-refractivity contribution is -0.0267. The van der Waals surface area contributed by atoms with Crippen LogP contribution in [0, 0.1) is 6.92 Å². The fourth-order valence-electron chi connectivity index (χ4n) is 4.74. The minimum absolute atomic E-state index is 0.227. The third kappa shape index (κ3) is 4.71. The summed E-state index contributed by atoms with van der Waals surface area (Å²) in [7, 11) is -1.36. The van der Waals surface area contributed by atoms with E-state index in [-0.39, 0.29) is 25.0 Å². The Labute approximate surface area is 208 Å². The van der Waals surface area contributed by atoms with E-state index >= 15 is 0 Å². The number of hydrogen-bond donors (Lipinski definition) is 1. The van der Waals surface area contributed by atoms with Crippen LogP contribution in [0.15, 0.2) is 30.5 Å². The number of alkyl halides is 2. The van der Waals surface area contributed by atoms with Crippen LogP contribution in [-0.2, 0) is 11.0 Å². The standard InChI is InChI=1S/C23H25ClF2N6O2S/c1-14-11-32-20(27-21(14)30-12-23(25,26)13-30)10-18(28-32)19-5-3-4-8-31(19)22(33)16-9-15(24)6-7-17(16)29-35(2)34/h6-7,9-11,19,29H,3-5,8,12-13H2,1-2H3. The van der Waals surface area contributed by atoms with Gasteiger partial charge >= 0.3 is 0 Å². The van der Waals surface area contributed by atoms with Gasteiger partial charge in [0.2, 0.25) is 0 Å². The Hall–Kier alpha value is -2.79. The van der Waals surface area contributed by atoms with E-state index in [1.54, 1.807) is 38.7 Å². The first-order valence-electron chi connectivity index (χ1n) is 11.3. The van der Waals surface area contributed by atoms with Crippen molar-refractivity contribution in [1.82, 2.24) is 19.5 Å². The molecule has 2 unspecified atom stereocenters. The van der Waals surface area contributed by atoms with Gasteiger partial charge in [-0.25, -0.2) is 22.5 Å². The molecule has 3 aromatic rings. The van der Waals surface area contributed by atoms with E-state index in [2.05, 4.69) is 14.8 Å². The van der Waals surface area contributed by atoms with Crippen molar-refractivity contribution in [2.75, 3.05) is 35.5 Å². The number of nitrogens with zero attached hydrogens (tertiary/aromatic N) is 5. The normalized spacial score (nSPS) is 20.5. The summed E-state index contributed by atoms with van der Waals surface area (Å²) in [6.07, 6.45) is 5.78. The van der Waals surface area contributed by atoms with Gasteiger partial charge in [0, 0.05) is 35.6 Å². The Morgan fingerprint density at radius 1 is 1.26 bits per heavy atom. The molecular formula is C23H25ClF2N6O2S. The Morgan fingerprint density at radius 2 is 2.03 bits per heavy atom. The Balaban J connectivity index is 1.47. The molecule has 2 aromatic heterocycles. The van der Waals surface area contributed by atoms with Crippen LogP contribution in [0.5, 0.6) is 0 Å². The number of amides is 1. The predicted molar refractivity (Wildman–Crippen MR) is 132 cm³/mol. The predicted octanol–water partition coefficient (Wildman–Crippen LogP) is 4.22. The van der Waals surface area contributed by atoms with Gasteiger partial charge in [-0.1, -0.05) is 11.6 Å². The number of likely N-dealkylation sites (tertiary alicyclic amines) is 1. The summed E-state index contributed by atoms with van der Waals surface area (Å²) in [5, 5.41) is 5.10. The highest BCUT2D eigenvalue weighted by molar-refractivity contribution is 7.85. The van der Waals surface area contributed by atoms with Gasteiger partial charge in [0.05, 0.1) is 36.1 Å². The molecule has 0 spiro atoms. The molecular weight excluding hydrogens is 498 g/mol. The van der Waals surface area contributed by atoms with Crippen LogP contribution in [0.4, 0.5) is 20.3 Å². The molecule has 35 heavy (non-hydrogen) atoms. The van der Waals surface area contributed by atoms with Gasteiger partial charge in [-0.15, -0.1) is 0 Å². The first-order chi connectivity index (χ1) is 16.6. The summed E-state index contributed by atoms with van der Waals surface area (Å²) in [4.78, 5) is 21.6. The van der Waals surface area contributed by atoms with Crippen LogP contribution < -0.4 is 9.62 Å². The largest absolute Gasteiger partial charge is 0.344 e. The van der Waals surface area contributed by atoms with E-state index in [0.29, 0.717) is 40.0 Å². The maximum Gasteiger partial charge on any atom is 0.282 e. The number of piperidine rings is 1. The smallest absolute Gasteiger partial charge is 0.282 e. The highest BCUT2D eigenvalue weighted by atomic mass is 35.5. The molecule has 2 saturated heterocycles. The molecule has 0 radical (unpaired) electrons. The molecule has 2 aliphatic heterocycles. The van der Waals surface area contributed by atoms with Gasteiger partial charge in [0.1, 0.15) is 16.8 Å². The number of anilines is 2. The van der Waals surface area contributed by atoms with Crippen molar-refractivity contribution in [1.29, 1.82) is 0 Å². The van der Waals surface area contributed by atoms with Crippen molar-refractivity contribution in [3.8, 4) is 0 Å². The molecule has 1 amide bonds. The van der Waals surface area contributed by atoms with E-state index < -0.39 is 16.9 Å². The van der Waals surface area contributed by atoms with Crippen molar-refractivity contribution in [3.05, 3.63) is 52.3 Å². The number of nitrogens with one attached hydrogen (secondary N) is 1. The van der Waals surface area contributed by atoms with Crippen molar-refractivity contribution >= 4 is 45.6 Å². The lowest BCUT2D eigenvalue weighted by atomic mass is 9.98. The fourth-order valence-corrected chi connectivity index (χ4v) is 5.40. The molecule has 186 valence electrons. The van der Waals surface area contributed by atoms with Gasteiger partial charge in [0.15, 0.2) is 5.65 Å². The maximum atomic E-state index is 13.7. The molecule has 5 rings (SSSR count). The summed E-state index contributed by atoms with van der Waals surface area (Å²) >= 11 is 6.18. The number of rotatable bonds is 5. The second kappa shape index (κ2) is 9.02. The Bertz CT molecular complexity index is 1320. The average Bonchev–Trinajstić information content (AvgIpc) is 3.20. The third-order valence-electron chi connectivity index (χ3n) is 6.34. The second-order valence-electron chi connectivity index (χ2n) is 9.09. The van der Waals surface area contributed by atoms with E-state index in [1.165, 1.54) is 6.26 Å². The number of fused-ring (bicyclic) bond motifs is 1. The zero-order valence-corrected chi connectivity index (χ0v) is 20.9. The first kappa shape index (κ1) is 23.9. The quantitative estimate of drug-likeness (QED) is 0.542. The number of halogens is 3. The van der Waals surface area contributed by atoms with E-state index in [1.807, 2.05) is 13.0 Å². The van der Waals surface area contributed by atoms with Crippen molar-refractivity contribution in [2.45, 2.75) is 38.2 Å². The molecule has 0 aliphatic carbocycles. The Kier molecular flexibility index (Phi) is 6.16. The zero-order valence-electron chi connectivity index (χ0n) is 19.3. The van der Waals surface area contributed by atoms with Crippen LogP contribution >= 0.6 is 11.6 Å². The number of aryl methyl sites for hydroxylation is 1. The summed E-state index contributed by atoms with van der Waals surface area (Å²) in [6.45, 7) is 1.67. The highest BCUT2D eigenvalue weighted by Gasteiger charge is 2.45. The van der Waals surface area contributed by atoms with Crippen LogP contribution in [0.25, 0.3) is 5.65 Å². The minimum Gasteiger partial charge on any atom is -0.344 e. The van der Waals surface area contributed by atoms with Gasteiger partial charge < -0.3 is 14.5 Å². The third-order valence-corrected chi connectivity index (χ3v) is 7.08. The highest BCUT2D eigenvalue weighted by Crippen LogP contribution is 2.36. The number of aromatic nitrogens is 3. The molecule has 1 N–H and O–H groups in total. The number of carbonyl (C=O) groups is 1. The van der Waals surface area contributed by atoms with Crippen LogP contribution in [0.2, 0.25) is 5.02 Å². The van der Waals surface area contributed by atoms with E-state index in [4.69, 9.17) is 11.6 Å². The van der Waals surface area contributed by atoms with Gasteiger partial charge in [-0.05, 0) is 44.4 Å². The molecule has 12 heteroatoms. The molecule has 2 atom stereocenters. The first-order valence-corrected chi connectivity index (χ1v) is 13.3. The van der Waals surface area contributed by atoms with E-state index in [9.17, 15) is 17.8 Å². The summed E-state index contributed by atoms with van der Waals surface area (Å²) in [6, 6.07) is 6.40. The molecule has 2 fully saturated rings. The number of carbonyl (C=O) groups excluding carboxylic acids is 1. The molecule has 1 aromatic carbocycles. The number of benzene rings is 1. The molecule has 8 nitrogen and oxygen atoms in total. The zero-order chi connectivity index (χ0) is 24.9. The van der Waals surface area contributed by atoms with Gasteiger partial charge in [-0.3, -0.25) is 4.79 Å². The minimum atomic E-state index is -2.69. The SMILES string of the molecule is Cc1cn2nc(C3CCCCN3C(=O)c3cc(Cl)ccc3NS(C)=O)cc2nc1N1CC(F)(F)C1. The van der Waals surface area contributed by atoms with E-state index in [0.717, 1.165) is 24.8 Å². The van der Waals surface area contributed by atoms with Crippen LogP contribution in [0.3, 0.4) is 0 Å². The van der Waals surface area contributed by atoms with Crippen molar-refractivity contribution < 1.29 is 17.8 Å². The molecule has 4 heterocycles. The molecule has 0 bridgehead atoms. The maximum absolute atomic E-state index is 13.7. The lowest BCUT2D eigenvalue weighted by Crippen LogP contribution is -2.56. The summed E-state index contributed by atoms with van der Waals surface area (Å²) < 4.78 is 43.0. The van der Waals surface area contributed by atoms with Crippen molar-refractivity contribution in [2.24, 2.45) is 0 Å². The topological polar surface area (TPSA) is 82.8 Å². The van der Waals surface area contributed by atoms with Gasteiger partial charge in [0.25, 0.3) is 11.8 Å². The lowest BCUT2D eigenvalue weighted by Gasteiger charge is -2.40. The Morgan fingerprint density at radius 3 is 2.74 bits per heavy atom. The van der Waals surface area contributed by atoms with Gasteiger partial charge in [-0.2, -0.15) is 5.10 Å². The van der Waals surface area contributed by atoms with Crippen molar-refractivity contribution in [3.63, 3.8) is 0 Å². The van der Waals surface area contributed by atoms with Crippen LogP contribution in [0.1, 0.15) is 46.9 Å². The molecule has 2 aliphatic rings. The van der Waals surface area contributed by atoms with Crippen LogP contribution in [-0.4, -0.2) is 61.4 Å². The second-order valence-corrected chi connectivity index (χ2v) is 10.6.